The van der Waals surface area contributed by atoms with Gasteiger partial charge in [-0.15, -0.1) is 12.4 Å². The second kappa shape index (κ2) is 22.4. The average Bonchev–Trinajstić information content (AvgIpc) is 1.66. The Balaban J connectivity index is -0.0000000339. The van der Waals surface area contributed by atoms with Gasteiger partial charge in [-0.2, -0.15) is 0 Å². The first kappa shape index (κ1) is 22.6. The number of aliphatic hydroxyl groups is 2. The number of hydrogen-bond donors (Lipinski definition) is 2. The summed E-state index contributed by atoms with van der Waals surface area (Å²) in [5, 5.41) is 16.1. The van der Waals surface area contributed by atoms with Gasteiger partial charge in [0.05, 0.1) is 0 Å². The molecule has 0 heterocycles. The van der Waals surface area contributed by atoms with Crippen LogP contribution in [-0.4, -0.2) is 22.4 Å². The molecular weight excluding hydrogens is 206 g/mol. The third-order valence-corrected chi connectivity index (χ3v) is 0. The summed E-state index contributed by atoms with van der Waals surface area (Å²) in [6, 6.07) is 0. The van der Waals surface area contributed by atoms with Crippen molar-refractivity contribution in [1.82, 2.24) is 0 Å². The molecule has 3 nitrogen and oxygen atoms in total. The summed E-state index contributed by atoms with van der Waals surface area (Å²) < 4.78 is 8.19. The molecule has 5 heteroatoms. The molecule has 0 aromatic heterocycles. The van der Waals surface area contributed by atoms with Crippen molar-refractivity contribution in [2.24, 2.45) is 0 Å². The van der Waals surface area contributed by atoms with E-state index in [1.165, 1.54) is 0 Å². The SMILES string of the molecule is CC(C)O.CC(C)O.Cl.[O]=[V]. The molecule has 11 heavy (non-hydrogen) atoms. The Morgan fingerprint density at radius 2 is 0.909 bits per heavy atom. The van der Waals surface area contributed by atoms with Crippen molar-refractivity contribution < 1.29 is 31.3 Å². The Morgan fingerprint density at radius 3 is 0.909 bits per heavy atom. The summed E-state index contributed by atoms with van der Waals surface area (Å²) in [6.07, 6.45) is -0.333. The van der Waals surface area contributed by atoms with Crippen LogP contribution in [0.15, 0.2) is 0 Å². The van der Waals surface area contributed by atoms with E-state index in [0.717, 1.165) is 17.4 Å². The van der Waals surface area contributed by atoms with Gasteiger partial charge in [0.25, 0.3) is 0 Å². The van der Waals surface area contributed by atoms with E-state index in [9.17, 15) is 0 Å². The molecule has 0 saturated heterocycles. The van der Waals surface area contributed by atoms with Crippen molar-refractivity contribution in [3.05, 3.63) is 0 Å². The zero-order chi connectivity index (χ0) is 9.15. The number of rotatable bonds is 0. The van der Waals surface area contributed by atoms with Gasteiger partial charge in [0, 0.05) is 12.2 Å². The maximum atomic E-state index is 8.19. The Hall–Kier alpha value is 0.594. The van der Waals surface area contributed by atoms with Crippen LogP contribution in [0.4, 0.5) is 0 Å². The molecule has 0 fully saturated rings. The third-order valence-electron chi connectivity index (χ3n) is 0. The first-order valence-corrected chi connectivity index (χ1v) is 3.58. The van der Waals surface area contributed by atoms with E-state index < -0.39 is 0 Å². The van der Waals surface area contributed by atoms with Crippen molar-refractivity contribution >= 4 is 12.4 Å². The van der Waals surface area contributed by atoms with Gasteiger partial charge in [0.15, 0.2) is 0 Å². The van der Waals surface area contributed by atoms with Crippen LogP contribution in [0.5, 0.6) is 0 Å². The van der Waals surface area contributed by atoms with Gasteiger partial charge in [0.1, 0.15) is 0 Å². The fourth-order valence-corrected chi connectivity index (χ4v) is 0. The Labute approximate surface area is 83.8 Å². The van der Waals surface area contributed by atoms with Gasteiger partial charge in [-0.05, 0) is 27.7 Å². The fourth-order valence-electron chi connectivity index (χ4n) is 0. The van der Waals surface area contributed by atoms with E-state index in [1.807, 2.05) is 0 Å². The van der Waals surface area contributed by atoms with Crippen molar-refractivity contribution in [3.63, 3.8) is 0 Å². The predicted molar refractivity (Wildman–Crippen MR) is 42.6 cm³/mol. The second-order valence-corrected chi connectivity index (χ2v) is 2.19. The van der Waals surface area contributed by atoms with Crippen LogP contribution in [0.1, 0.15) is 27.7 Å². The van der Waals surface area contributed by atoms with Crippen LogP contribution >= 0.6 is 12.4 Å². The van der Waals surface area contributed by atoms with Gasteiger partial charge in [-0.3, -0.25) is 0 Å². The summed E-state index contributed by atoms with van der Waals surface area (Å²) in [5.41, 5.74) is 0. The zero-order valence-corrected chi connectivity index (χ0v) is 9.53. The van der Waals surface area contributed by atoms with Gasteiger partial charge in [0.2, 0.25) is 0 Å². The van der Waals surface area contributed by atoms with E-state index in [2.05, 4.69) is 0 Å². The van der Waals surface area contributed by atoms with Crippen molar-refractivity contribution in [1.29, 1.82) is 0 Å². The molecule has 0 rings (SSSR count). The van der Waals surface area contributed by atoms with Crippen LogP contribution in [0.3, 0.4) is 0 Å². The Kier molecular flexibility index (Phi) is 46.0. The quantitative estimate of drug-likeness (QED) is 0.646. The van der Waals surface area contributed by atoms with E-state index in [4.69, 9.17) is 13.9 Å². The summed E-state index contributed by atoms with van der Waals surface area (Å²) in [7, 11) is 0. The van der Waals surface area contributed by atoms with Gasteiger partial charge in [-0.25, -0.2) is 0 Å². The van der Waals surface area contributed by atoms with Crippen LogP contribution in [0.2, 0.25) is 0 Å². The standard InChI is InChI=1S/2C3H8O.ClH.O.V/c2*1-3(2)4;;;/h2*3-4H,1-2H3;1H;;. The maximum absolute atomic E-state index is 8.19. The monoisotopic (exact) mass is 223 g/mol. The number of halogens is 1. The van der Waals surface area contributed by atoms with Crippen molar-refractivity contribution in [3.8, 4) is 0 Å². The molecule has 0 bridgehead atoms. The second-order valence-electron chi connectivity index (χ2n) is 2.19. The molecular formula is C6H17ClO3V. The summed E-state index contributed by atoms with van der Waals surface area (Å²) >= 11 is 1.06. The van der Waals surface area contributed by atoms with Crippen LogP contribution < -0.4 is 0 Å². The zero-order valence-electron chi connectivity index (χ0n) is 7.31. The van der Waals surface area contributed by atoms with Crippen LogP contribution in [0.25, 0.3) is 0 Å². The average molecular weight is 224 g/mol. The van der Waals surface area contributed by atoms with E-state index in [-0.39, 0.29) is 24.6 Å². The normalized spacial score (nSPS) is 6.82. The topological polar surface area (TPSA) is 57.5 Å². The first-order valence-electron chi connectivity index (χ1n) is 3.01. The number of hydrogen-bond acceptors (Lipinski definition) is 3. The van der Waals surface area contributed by atoms with E-state index in [0.29, 0.717) is 0 Å². The summed E-state index contributed by atoms with van der Waals surface area (Å²) in [6.45, 7) is 6.89. The molecule has 0 aliphatic rings. The van der Waals surface area contributed by atoms with Crippen LogP contribution in [-0.2, 0) is 21.0 Å². The minimum atomic E-state index is -0.167. The molecule has 0 saturated carbocycles. The van der Waals surface area contributed by atoms with E-state index in [1.54, 1.807) is 27.7 Å². The molecule has 0 unspecified atom stereocenters. The molecule has 0 aliphatic heterocycles. The van der Waals surface area contributed by atoms with Crippen LogP contribution in [0, 0.1) is 0 Å². The molecule has 0 aliphatic carbocycles. The van der Waals surface area contributed by atoms with E-state index >= 15 is 0 Å². The van der Waals surface area contributed by atoms with Crippen molar-refractivity contribution in [2.75, 3.05) is 0 Å². The van der Waals surface area contributed by atoms with Gasteiger partial charge < -0.3 is 10.2 Å². The Morgan fingerprint density at radius 1 is 0.909 bits per heavy atom. The third kappa shape index (κ3) is 2210. The molecule has 0 amide bonds. The predicted octanol–water partition coefficient (Wildman–Crippen LogP) is 1.07. The minimum absolute atomic E-state index is 0. The summed E-state index contributed by atoms with van der Waals surface area (Å²) in [4.78, 5) is 0. The fraction of sp³-hybridized carbons (Fsp3) is 1.00. The molecule has 0 radical (unpaired) electrons. The first-order chi connectivity index (χ1) is 4.46. The summed E-state index contributed by atoms with van der Waals surface area (Å²) in [5.74, 6) is 0. The molecule has 0 aromatic rings. The Bertz CT molecular complexity index is 41.6. The number of aliphatic hydroxyl groups excluding tert-OH is 2. The van der Waals surface area contributed by atoms with Gasteiger partial charge >= 0.3 is 21.0 Å². The molecule has 0 spiro atoms. The molecule has 2 N–H and O–H groups in total. The molecule has 0 atom stereocenters. The van der Waals surface area contributed by atoms with Crippen molar-refractivity contribution in [2.45, 2.75) is 39.9 Å². The molecule has 0 aromatic carbocycles. The molecule has 71 valence electrons. The van der Waals surface area contributed by atoms with Gasteiger partial charge in [-0.1, -0.05) is 0 Å².